The third-order valence-electron chi connectivity index (χ3n) is 4.41. The summed E-state index contributed by atoms with van der Waals surface area (Å²) in [6.07, 6.45) is 0.254. The summed E-state index contributed by atoms with van der Waals surface area (Å²) in [6.45, 7) is 11.2. The lowest BCUT2D eigenvalue weighted by molar-refractivity contribution is -0.144. The molecule has 1 aromatic rings. The average Bonchev–Trinajstić information content (AvgIpc) is 2.75. The predicted octanol–water partition coefficient (Wildman–Crippen LogP) is 3.11. The minimum Gasteiger partial charge on any atom is -0.479 e. The molecule has 1 fully saturated rings. The van der Waals surface area contributed by atoms with Crippen LogP contribution in [0.25, 0.3) is 0 Å². The molecule has 6 heteroatoms. The lowest BCUT2D eigenvalue weighted by Gasteiger charge is -2.25. The highest BCUT2D eigenvalue weighted by atomic mass is 35.5. The first-order valence-electron chi connectivity index (χ1n) is 8.51. The topological polar surface area (TPSA) is 53.0 Å². The fourth-order valence-electron chi connectivity index (χ4n) is 2.90. The molecule has 134 valence electrons. The Bertz CT molecular complexity index is 565. The standard InChI is InChI=1S/C18H27ClN2O3/c1-13(2)21-8-4-7-20(9-10-21)12-15-5-6-17(16(19)11-15)24-14(3)18(22)23/h5-6,11,13-14H,4,7-10,12H2,1-3H3,(H,22,23). The van der Waals surface area contributed by atoms with Crippen LogP contribution in [0.2, 0.25) is 5.02 Å². The monoisotopic (exact) mass is 354 g/mol. The maximum Gasteiger partial charge on any atom is 0.344 e. The van der Waals surface area contributed by atoms with Crippen molar-refractivity contribution in [2.24, 2.45) is 0 Å². The quantitative estimate of drug-likeness (QED) is 0.850. The van der Waals surface area contributed by atoms with Gasteiger partial charge in [0.2, 0.25) is 0 Å². The highest BCUT2D eigenvalue weighted by Gasteiger charge is 2.18. The van der Waals surface area contributed by atoms with Gasteiger partial charge in [-0.15, -0.1) is 0 Å². The second kappa shape index (κ2) is 8.70. The lowest BCUT2D eigenvalue weighted by atomic mass is 10.2. The van der Waals surface area contributed by atoms with E-state index in [9.17, 15) is 4.79 Å². The van der Waals surface area contributed by atoms with Gasteiger partial charge < -0.3 is 9.84 Å². The Labute approximate surface area is 149 Å². The zero-order valence-electron chi connectivity index (χ0n) is 14.7. The molecule has 24 heavy (non-hydrogen) atoms. The molecule has 0 amide bonds. The summed E-state index contributed by atoms with van der Waals surface area (Å²) in [5, 5.41) is 9.37. The predicted molar refractivity (Wildman–Crippen MR) is 95.8 cm³/mol. The third-order valence-corrected chi connectivity index (χ3v) is 4.70. The second-order valence-electron chi connectivity index (χ2n) is 6.62. The molecule has 1 saturated heterocycles. The van der Waals surface area contributed by atoms with E-state index in [1.165, 1.54) is 13.3 Å². The van der Waals surface area contributed by atoms with Crippen molar-refractivity contribution < 1.29 is 14.6 Å². The van der Waals surface area contributed by atoms with Gasteiger partial charge in [0.1, 0.15) is 5.75 Å². The molecule has 2 rings (SSSR count). The van der Waals surface area contributed by atoms with Gasteiger partial charge in [0.05, 0.1) is 5.02 Å². The van der Waals surface area contributed by atoms with Gasteiger partial charge in [-0.2, -0.15) is 0 Å². The molecule has 5 nitrogen and oxygen atoms in total. The Kier molecular flexibility index (Phi) is 6.90. The number of aliphatic carboxylic acids is 1. The summed E-state index contributed by atoms with van der Waals surface area (Å²) in [6, 6.07) is 6.18. The summed E-state index contributed by atoms with van der Waals surface area (Å²) in [7, 11) is 0. The van der Waals surface area contributed by atoms with Crippen molar-refractivity contribution in [3.63, 3.8) is 0 Å². The van der Waals surface area contributed by atoms with E-state index >= 15 is 0 Å². The smallest absolute Gasteiger partial charge is 0.344 e. The largest absolute Gasteiger partial charge is 0.479 e. The van der Waals surface area contributed by atoms with Crippen LogP contribution in [0.15, 0.2) is 18.2 Å². The van der Waals surface area contributed by atoms with Crippen LogP contribution >= 0.6 is 11.6 Å². The number of carboxylic acid groups (broad SMARTS) is 1. The minimum absolute atomic E-state index is 0.414. The summed E-state index contributed by atoms with van der Waals surface area (Å²) in [4.78, 5) is 15.8. The van der Waals surface area contributed by atoms with E-state index in [1.807, 2.05) is 12.1 Å². The van der Waals surface area contributed by atoms with E-state index in [1.54, 1.807) is 6.07 Å². The number of benzene rings is 1. The zero-order valence-corrected chi connectivity index (χ0v) is 15.4. The van der Waals surface area contributed by atoms with Gasteiger partial charge >= 0.3 is 5.97 Å². The third kappa shape index (κ3) is 5.36. The van der Waals surface area contributed by atoms with E-state index in [0.717, 1.165) is 38.3 Å². The Morgan fingerprint density at radius 3 is 2.62 bits per heavy atom. The van der Waals surface area contributed by atoms with E-state index < -0.39 is 12.1 Å². The van der Waals surface area contributed by atoms with Gasteiger partial charge in [-0.3, -0.25) is 9.80 Å². The van der Waals surface area contributed by atoms with Crippen LogP contribution in [0.3, 0.4) is 0 Å². The van der Waals surface area contributed by atoms with Gasteiger partial charge in [0.25, 0.3) is 0 Å². The number of hydrogen-bond acceptors (Lipinski definition) is 4. The second-order valence-corrected chi connectivity index (χ2v) is 7.03. The number of nitrogens with zero attached hydrogens (tertiary/aromatic N) is 2. The van der Waals surface area contributed by atoms with Gasteiger partial charge in [0, 0.05) is 25.7 Å². The van der Waals surface area contributed by atoms with Crippen molar-refractivity contribution in [3.8, 4) is 5.75 Å². The van der Waals surface area contributed by atoms with Crippen molar-refractivity contribution in [2.45, 2.75) is 45.9 Å². The number of rotatable bonds is 6. The fourth-order valence-corrected chi connectivity index (χ4v) is 3.15. The van der Waals surface area contributed by atoms with E-state index in [-0.39, 0.29) is 0 Å². The van der Waals surface area contributed by atoms with E-state index in [2.05, 4.69) is 23.6 Å². The minimum atomic E-state index is -1.01. The van der Waals surface area contributed by atoms with Crippen LogP contribution < -0.4 is 4.74 Å². The summed E-state index contributed by atoms with van der Waals surface area (Å²) < 4.78 is 5.36. The van der Waals surface area contributed by atoms with E-state index in [4.69, 9.17) is 21.4 Å². The molecule has 1 unspecified atom stereocenters. The molecule has 0 bridgehead atoms. The molecule has 1 aliphatic heterocycles. The molecule has 0 radical (unpaired) electrons. The van der Waals surface area contributed by atoms with Crippen LogP contribution in [0, 0.1) is 0 Å². The van der Waals surface area contributed by atoms with Crippen molar-refractivity contribution in [1.29, 1.82) is 0 Å². The van der Waals surface area contributed by atoms with E-state index in [0.29, 0.717) is 16.8 Å². The van der Waals surface area contributed by atoms with Crippen molar-refractivity contribution in [3.05, 3.63) is 28.8 Å². The zero-order chi connectivity index (χ0) is 17.7. The Morgan fingerprint density at radius 1 is 1.25 bits per heavy atom. The van der Waals surface area contributed by atoms with Crippen molar-refractivity contribution in [2.75, 3.05) is 26.2 Å². The molecule has 1 aromatic carbocycles. The Morgan fingerprint density at radius 2 is 2.00 bits per heavy atom. The first kappa shape index (κ1) is 19.0. The molecule has 0 saturated carbocycles. The van der Waals surface area contributed by atoms with Crippen LogP contribution in [-0.2, 0) is 11.3 Å². The Hall–Kier alpha value is -1.30. The number of carboxylic acids is 1. The van der Waals surface area contributed by atoms with Gasteiger partial charge in [0.15, 0.2) is 6.10 Å². The maximum atomic E-state index is 10.9. The van der Waals surface area contributed by atoms with Crippen LogP contribution in [0.4, 0.5) is 0 Å². The SMILES string of the molecule is CC(Oc1ccc(CN2CCCN(C(C)C)CC2)cc1Cl)C(=O)O. The van der Waals surface area contributed by atoms with Crippen LogP contribution in [0.5, 0.6) is 5.75 Å². The molecule has 1 N–H and O–H groups in total. The first-order valence-corrected chi connectivity index (χ1v) is 8.89. The van der Waals surface area contributed by atoms with Crippen molar-refractivity contribution in [1.82, 2.24) is 9.80 Å². The Balaban J connectivity index is 1.95. The molecular formula is C18H27ClN2O3. The maximum absolute atomic E-state index is 10.9. The van der Waals surface area contributed by atoms with Crippen molar-refractivity contribution >= 4 is 17.6 Å². The average molecular weight is 355 g/mol. The number of hydrogen-bond donors (Lipinski definition) is 1. The summed E-state index contributed by atoms with van der Waals surface area (Å²) >= 11 is 6.25. The molecule has 1 heterocycles. The number of halogens is 1. The van der Waals surface area contributed by atoms with Gasteiger partial charge in [-0.25, -0.2) is 4.79 Å². The van der Waals surface area contributed by atoms with Crippen LogP contribution in [-0.4, -0.2) is 59.2 Å². The van der Waals surface area contributed by atoms with Gasteiger partial charge in [-0.05, 0) is 58.0 Å². The van der Waals surface area contributed by atoms with Crippen LogP contribution in [0.1, 0.15) is 32.8 Å². The molecule has 1 atom stereocenters. The summed E-state index contributed by atoms with van der Waals surface area (Å²) in [5.41, 5.74) is 1.12. The molecule has 1 aliphatic rings. The summed E-state index contributed by atoms with van der Waals surface area (Å²) in [5.74, 6) is -0.591. The molecule has 0 aromatic heterocycles. The highest BCUT2D eigenvalue weighted by molar-refractivity contribution is 6.32. The molecule has 0 spiro atoms. The first-order chi connectivity index (χ1) is 11.4. The lowest BCUT2D eigenvalue weighted by Crippen LogP contribution is -2.34. The highest BCUT2D eigenvalue weighted by Crippen LogP contribution is 2.27. The normalized spacial score (nSPS) is 18.4. The molecular weight excluding hydrogens is 328 g/mol. The number of ether oxygens (including phenoxy) is 1. The van der Waals surface area contributed by atoms with Gasteiger partial charge in [-0.1, -0.05) is 17.7 Å². The fraction of sp³-hybridized carbons (Fsp3) is 0.611. The molecule has 0 aliphatic carbocycles. The number of carbonyl (C=O) groups is 1.